The van der Waals surface area contributed by atoms with Crippen molar-refractivity contribution in [1.82, 2.24) is 10.6 Å². The van der Waals surface area contributed by atoms with Gasteiger partial charge in [0, 0.05) is 5.56 Å². The van der Waals surface area contributed by atoms with Crippen LogP contribution in [0.15, 0.2) is 66.7 Å². The van der Waals surface area contributed by atoms with Crippen molar-refractivity contribution in [2.24, 2.45) is 0 Å². The van der Waals surface area contributed by atoms with Crippen LogP contribution in [0.5, 0.6) is 5.75 Å². The SMILES string of the molecule is COc1ccc(C(=O)NCC(=O)OCC(=O)N[C@H](C)c2cccc3ccccc23)cc1. The lowest BCUT2D eigenvalue weighted by Crippen LogP contribution is -2.34. The van der Waals surface area contributed by atoms with Crippen LogP contribution < -0.4 is 15.4 Å². The van der Waals surface area contributed by atoms with Crippen LogP contribution >= 0.6 is 0 Å². The van der Waals surface area contributed by atoms with Gasteiger partial charge in [-0.15, -0.1) is 0 Å². The first-order chi connectivity index (χ1) is 15.0. The van der Waals surface area contributed by atoms with Crippen LogP contribution in [-0.4, -0.2) is 38.0 Å². The smallest absolute Gasteiger partial charge is 0.325 e. The molecule has 0 saturated heterocycles. The minimum absolute atomic E-state index is 0.257. The zero-order chi connectivity index (χ0) is 22.2. The van der Waals surface area contributed by atoms with E-state index in [9.17, 15) is 14.4 Å². The van der Waals surface area contributed by atoms with Crippen molar-refractivity contribution >= 4 is 28.6 Å². The zero-order valence-electron chi connectivity index (χ0n) is 17.4. The highest BCUT2D eigenvalue weighted by Gasteiger charge is 2.15. The van der Waals surface area contributed by atoms with Gasteiger partial charge in [-0.1, -0.05) is 42.5 Å². The van der Waals surface area contributed by atoms with E-state index in [1.807, 2.05) is 49.4 Å². The first-order valence-corrected chi connectivity index (χ1v) is 9.83. The summed E-state index contributed by atoms with van der Waals surface area (Å²) < 4.78 is 10.00. The fraction of sp³-hybridized carbons (Fsp3) is 0.208. The molecule has 0 fully saturated rings. The second-order valence-corrected chi connectivity index (χ2v) is 6.93. The number of hydrogen-bond donors (Lipinski definition) is 2. The number of esters is 1. The van der Waals surface area contributed by atoms with Crippen molar-refractivity contribution in [3.05, 3.63) is 77.9 Å². The minimum atomic E-state index is -0.699. The molecule has 3 aromatic rings. The molecule has 0 aromatic heterocycles. The molecule has 2 N–H and O–H groups in total. The molecule has 0 spiro atoms. The fourth-order valence-electron chi connectivity index (χ4n) is 3.18. The first-order valence-electron chi connectivity index (χ1n) is 9.83. The number of fused-ring (bicyclic) bond motifs is 1. The summed E-state index contributed by atoms with van der Waals surface area (Å²) >= 11 is 0. The largest absolute Gasteiger partial charge is 0.497 e. The standard InChI is InChI=1S/C24H24N2O5/c1-16(20-9-5-7-17-6-3-4-8-21(17)20)26-22(27)15-31-23(28)14-25-24(29)18-10-12-19(30-2)13-11-18/h3-13,16H,14-15H2,1-2H3,(H,25,29)(H,26,27)/t16-/m1/s1. The van der Waals surface area contributed by atoms with Crippen LogP contribution in [0.1, 0.15) is 28.9 Å². The van der Waals surface area contributed by atoms with Gasteiger partial charge in [0.1, 0.15) is 12.3 Å². The van der Waals surface area contributed by atoms with Crippen LogP contribution in [0.3, 0.4) is 0 Å². The highest BCUT2D eigenvalue weighted by molar-refractivity contribution is 5.96. The molecule has 0 unspecified atom stereocenters. The van der Waals surface area contributed by atoms with E-state index in [0.29, 0.717) is 11.3 Å². The first kappa shape index (κ1) is 21.8. The Morgan fingerprint density at radius 1 is 0.935 bits per heavy atom. The summed E-state index contributed by atoms with van der Waals surface area (Å²) in [6.07, 6.45) is 0. The van der Waals surface area contributed by atoms with E-state index in [1.54, 1.807) is 24.3 Å². The van der Waals surface area contributed by atoms with Crippen molar-refractivity contribution in [2.75, 3.05) is 20.3 Å². The van der Waals surface area contributed by atoms with Gasteiger partial charge < -0.3 is 20.1 Å². The van der Waals surface area contributed by atoms with Crippen LogP contribution in [-0.2, 0) is 14.3 Å². The Labute approximate surface area is 180 Å². The van der Waals surface area contributed by atoms with Gasteiger partial charge in [-0.25, -0.2) is 0 Å². The van der Waals surface area contributed by atoms with Gasteiger partial charge in [0.15, 0.2) is 6.61 Å². The fourth-order valence-corrected chi connectivity index (χ4v) is 3.18. The van der Waals surface area contributed by atoms with Crippen LogP contribution in [0, 0.1) is 0 Å². The summed E-state index contributed by atoms with van der Waals surface area (Å²) in [6, 6.07) is 20.0. The molecule has 3 aromatic carbocycles. The average molecular weight is 420 g/mol. The van der Waals surface area contributed by atoms with E-state index in [2.05, 4.69) is 10.6 Å². The third-order valence-corrected chi connectivity index (χ3v) is 4.78. The molecule has 0 aliphatic heterocycles. The highest BCUT2D eigenvalue weighted by atomic mass is 16.5. The monoisotopic (exact) mass is 420 g/mol. The molecule has 160 valence electrons. The quantitative estimate of drug-likeness (QED) is 0.547. The molecule has 0 saturated carbocycles. The molecule has 0 aliphatic carbocycles. The maximum Gasteiger partial charge on any atom is 0.325 e. The number of benzene rings is 3. The predicted molar refractivity (Wildman–Crippen MR) is 117 cm³/mol. The van der Waals surface area contributed by atoms with E-state index in [0.717, 1.165) is 16.3 Å². The van der Waals surface area contributed by atoms with Crippen LogP contribution in [0.2, 0.25) is 0 Å². The summed E-state index contributed by atoms with van der Waals surface area (Å²) in [5.74, 6) is -0.918. The topological polar surface area (TPSA) is 93.7 Å². The lowest BCUT2D eigenvalue weighted by Gasteiger charge is -2.16. The van der Waals surface area contributed by atoms with Gasteiger partial charge in [0.2, 0.25) is 0 Å². The van der Waals surface area contributed by atoms with Crippen molar-refractivity contribution in [1.29, 1.82) is 0 Å². The molecule has 7 heteroatoms. The van der Waals surface area contributed by atoms with Crippen molar-refractivity contribution in [3.8, 4) is 5.75 Å². The summed E-state index contributed by atoms with van der Waals surface area (Å²) in [6.45, 7) is 1.11. The third kappa shape index (κ3) is 5.82. The van der Waals surface area contributed by atoms with Crippen LogP contribution in [0.4, 0.5) is 0 Å². The molecular weight excluding hydrogens is 396 g/mol. The summed E-state index contributed by atoms with van der Waals surface area (Å²) in [7, 11) is 1.53. The van der Waals surface area contributed by atoms with Gasteiger partial charge in [-0.3, -0.25) is 14.4 Å². The number of rotatable bonds is 8. The van der Waals surface area contributed by atoms with E-state index in [-0.39, 0.29) is 12.6 Å². The molecule has 7 nitrogen and oxygen atoms in total. The van der Waals surface area contributed by atoms with Crippen molar-refractivity contribution in [2.45, 2.75) is 13.0 Å². The predicted octanol–water partition coefficient (Wildman–Crippen LogP) is 3.00. The number of hydrogen-bond acceptors (Lipinski definition) is 5. The van der Waals surface area contributed by atoms with Gasteiger partial charge in [-0.05, 0) is 47.5 Å². The Morgan fingerprint density at radius 2 is 1.65 bits per heavy atom. The number of carbonyl (C=O) groups is 3. The molecule has 31 heavy (non-hydrogen) atoms. The number of nitrogens with one attached hydrogen (secondary N) is 2. The Kier molecular flexibility index (Phi) is 7.22. The summed E-state index contributed by atoms with van der Waals surface area (Å²) in [5.41, 5.74) is 1.36. The Hall–Kier alpha value is -3.87. The van der Waals surface area contributed by atoms with Gasteiger partial charge >= 0.3 is 5.97 Å². The third-order valence-electron chi connectivity index (χ3n) is 4.78. The maximum atomic E-state index is 12.2. The van der Waals surface area contributed by atoms with Crippen LogP contribution in [0.25, 0.3) is 10.8 Å². The number of carbonyl (C=O) groups excluding carboxylic acids is 3. The van der Waals surface area contributed by atoms with E-state index in [1.165, 1.54) is 7.11 Å². The minimum Gasteiger partial charge on any atom is -0.497 e. The van der Waals surface area contributed by atoms with Crippen molar-refractivity contribution in [3.63, 3.8) is 0 Å². The molecule has 1 atom stereocenters. The second-order valence-electron chi connectivity index (χ2n) is 6.93. The number of methoxy groups -OCH3 is 1. The molecule has 0 aliphatic rings. The number of amides is 2. The molecule has 0 bridgehead atoms. The number of ether oxygens (including phenoxy) is 2. The lowest BCUT2D eigenvalue weighted by molar-refractivity contribution is -0.147. The second kappa shape index (κ2) is 10.2. The van der Waals surface area contributed by atoms with Gasteiger partial charge in [0.05, 0.1) is 13.2 Å². The summed E-state index contributed by atoms with van der Waals surface area (Å²) in [5, 5.41) is 7.43. The molecule has 3 rings (SSSR count). The Balaban J connectivity index is 1.45. The highest BCUT2D eigenvalue weighted by Crippen LogP contribution is 2.23. The Bertz CT molecular complexity index is 1070. The van der Waals surface area contributed by atoms with Gasteiger partial charge in [-0.2, -0.15) is 0 Å². The molecular formula is C24H24N2O5. The van der Waals surface area contributed by atoms with Crippen molar-refractivity contribution < 1.29 is 23.9 Å². The maximum absolute atomic E-state index is 12.2. The molecule has 0 radical (unpaired) electrons. The normalized spacial score (nSPS) is 11.4. The molecule has 2 amide bonds. The zero-order valence-corrected chi connectivity index (χ0v) is 17.4. The Morgan fingerprint density at radius 3 is 2.39 bits per heavy atom. The van der Waals surface area contributed by atoms with Gasteiger partial charge in [0.25, 0.3) is 11.8 Å². The van der Waals surface area contributed by atoms with E-state index < -0.39 is 24.4 Å². The lowest BCUT2D eigenvalue weighted by atomic mass is 10.00. The molecule has 0 heterocycles. The average Bonchev–Trinajstić information content (AvgIpc) is 2.80. The van der Waals surface area contributed by atoms with E-state index >= 15 is 0 Å². The van der Waals surface area contributed by atoms with E-state index in [4.69, 9.17) is 9.47 Å². The summed E-state index contributed by atoms with van der Waals surface area (Å²) in [4.78, 5) is 36.1.